The molecule has 0 bridgehead atoms. The third-order valence-corrected chi connectivity index (χ3v) is 6.63. The molecule has 1 fully saturated rings. The van der Waals surface area contributed by atoms with E-state index < -0.39 is 10.0 Å². The zero-order valence-electron chi connectivity index (χ0n) is 11.3. The van der Waals surface area contributed by atoms with Crippen molar-refractivity contribution in [2.75, 3.05) is 6.54 Å². The standard InChI is InChI=1S/C13H18Cl2N2O2S/c1-2-9-4-3-7-17(9)20(18,19)12-6-5-11(14)10(8-16)13(12)15/h5-6,9H,2-4,7-8,16H2,1H3. The van der Waals surface area contributed by atoms with Gasteiger partial charge < -0.3 is 5.73 Å². The van der Waals surface area contributed by atoms with Crippen molar-refractivity contribution in [2.24, 2.45) is 5.73 Å². The molecule has 1 heterocycles. The van der Waals surface area contributed by atoms with E-state index in [0.29, 0.717) is 17.1 Å². The molecule has 1 saturated heterocycles. The van der Waals surface area contributed by atoms with Crippen LogP contribution in [0, 0.1) is 0 Å². The molecule has 2 rings (SSSR count). The molecule has 0 radical (unpaired) electrons. The summed E-state index contributed by atoms with van der Waals surface area (Å²) in [5, 5.41) is 0.534. The molecule has 0 saturated carbocycles. The van der Waals surface area contributed by atoms with Crippen molar-refractivity contribution in [2.45, 2.75) is 43.7 Å². The van der Waals surface area contributed by atoms with Gasteiger partial charge in [-0.05, 0) is 31.4 Å². The smallest absolute Gasteiger partial charge is 0.244 e. The highest BCUT2D eigenvalue weighted by molar-refractivity contribution is 7.89. The van der Waals surface area contributed by atoms with Gasteiger partial charge in [0, 0.05) is 29.7 Å². The number of nitrogens with zero attached hydrogens (tertiary/aromatic N) is 1. The molecule has 1 atom stereocenters. The minimum absolute atomic E-state index is 0.0491. The molecule has 4 nitrogen and oxygen atoms in total. The number of rotatable bonds is 4. The van der Waals surface area contributed by atoms with Gasteiger partial charge in [-0.15, -0.1) is 0 Å². The first-order chi connectivity index (χ1) is 9.43. The van der Waals surface area contributed by atoms with Crippen molar-refractivity contribution < 1.29 is 8.42 Å². The number of halogens is 2. The molecule has 20 heavy (non-hydrogen) atoms. The first-order valence-electron chi connectivity index (χ1n) is 6.62. The van der Waals surface area contributed by atoms with E-state index in [1.807, 2.05) is 6.92 Å². The van der Waals surface area contributed by atoms with Crippen LogP contribution >= 0.6 is 23.2 Å². The molecule has 2 N–H and O–H groups in total. The number of benzene rings is 1. The van der Waals surface area contributed by atoms with Gasteiger partial charge in [-0.1, -0.05) is 30.1 Å². The van der Waals surface area contributed by atoms with Crippen LogP contribution in [-0.2, 0) is 16.6 Å². The summed E-state index contributed by atoms with van der Waals surface area (Å²) in [6.07, 6.45) is 2.57. The Morgan fingerprint density at radius 2 is 2.10 bits per heavy atom. The lowest BCUT2D eigenvalue weighted by Crippen LogP contribution is -2.35. The average Bonchev–Trinajstić information content (AvgIpc) is 2.88. The third kappa shape index (κ3) is 2.70. The molecule has 1 aromatic rings. The molecule has 0 aromatic heterocycles. The Labute approximate surface area is 129 Å². The van der Waals surface area contributed by atoms with Gasteiger partial charge in [0.05, 0.1) is 5.02 Å². The van der Waals surface area contributed by atoms with Crippen molar-refractivity contribution in [3.8, 4) is 0 Å². The van der Waals surface area contributed by atoms with Crippen molar-refractivity contribution in [3.05, 3.63) is 27.7 Å². The van der Waals surface area contributed by atoms with Gasteiger partial charge in [0.1, 0.15) is 4.90 Å². The SMILES string of the molecule is CCC1CCCN1S(=O)(=O)c1ccc(Cl)c(CN)c1Cl. The maximum atomic E-state index is 12.8. The van der Waals surface area contributed by atoms with E-state index in [2.05, 4.69) is 0 Å². The zero-order valence-corrected chi connectivity index (χ0v) is 13.6. The van der Waals surface area contributed by atoms with E-state index in [1.54, 1.807) is 10.4 Å². The van der Waals surface area contributed by atoms with Gasteiger partial charge in [-0.25, -0.2) is 8.42 Å². The van der Waals surface area contributed by atoms with Crippen LogP contribution in [0.15, 0.2) is 17.0 Å². The minimum Gasteiger partial charge on any atom is -0.326 e. The number of hydrogen-bond acceptors (Lipinski definition) is 3. The van der Waals surface area contributed by atoms with Crippen LogP contribution in [0.25, 0.3) is 0 Å². The first-order valence-corrected chi connectivity index (χ1v) is 8.81. The first kappa shape index (κ1) is 16.0. The Balaban J connectivity index is 2.50. The van der Waals surface area contributed by atoms with E-state index >= 15 is 0 Å². The van der Waals surface area contributed by atoms with Gasteiger partial charge in [0.25, 0.3) is 0 Å². The topological polar surface area (TPSA) is 63.4 Å². The lowest BCUT2D eigenvalue weighted by Gasteiger charge is -2.24. The van der Waals surface area contributed by atoms with Crippen LogP contribution in [0.5, 0.6) is 0 Å². The number of hydrogen-bond donors (Lipinski definition) is 1. The van der Waals surface area contributed by atoms with Crippen molar-refractivity contribution in [1.29, 1.82) is 0 Å². The van der Waals surface area contributed by atoms with Gasteiger partial charge in [-0.3, -0.25) is 0 Å². The Morgan fingerprint density at radius 1 is 1.40 bits per heavy atom. The van der Waals surface area contributed by atoms with E-state index in [-0.39, 0.29) is 22.5 Å². The normalized spacial score (nSPS) is 20.5. The lowest BCUT2D eigenvalue weighted by molar-refractivity contribution is 0.379. The van der Waals surface area contributed by atoms with Crippen molar-refractivity contribution in [1.82, 2.24) is 4.31 Å². The van der Waals surface area contributed by atoms with Crippen LogP contribution in [0.3, 0.4) is 0 Å². The second kappa shape index (κ2) is 6.20. The third-order valence-electron chi connectivity index (χ3n) is 3.74. The van der Waals surface area contributed by atoms with Crippen LogP contribution in [0.2, 0.25) is 10.0 Å². The fourth-order valence-corrected chi connectivity index (χ4v) is 5.30. The molecule has 0 spiro atoms. The summed E-state index contributed by atoms with van der Waals surface area (Å²) in [4.78, 5) is 0.101. The summed E-state index contributed by atoms with van der Waals surface area (Å²) in [7, 11) is -3.59. The summed E-state index contributed by atoms with van der Waals surface area (Å²) >= 11 is 12.2. The second-order valence-corrected chi connectivity index (χ2v) is 7.51. The summed E-state index contributed by atoms with van der Waals surface area (Å²) in [5.41, 5.74) is 6.07. The Kier molecular flexibility index (Phi) is 4.97. The fourth-order valence-electron chi connectivity index (χ4n) is 2.62. The Bertz CT molecular complexity index is 605. The predicted octanol–water partition coefficient (Wildman–Crippen LogP) is 3.02. The molecule has 7 heteroatoms. The molecular weight excluding hydrogens is 319 g/mol. The second-order valence-electron chi connectivity index (χ2n) is 4.86. The monoisotopic (exact) mass is 336 g/mol. The molecule has 112 valence electrons. The quantitative estimate of drug-likeness (QED) is 0.919. The predicted molar refractivity (Wildman–Crippen MR) is 81.6 cm³/mol. The molecule has 0 aliphatic carbocycles. The van der Waals surface area contributed by atoms with Crippen molar-refractivity contribution in [3.63, 3.8) is 0 Å². The van der Waals surface area contributed by atoms with Gasteiger partial charge >= 0.3 is 0 Å². The summed E-state index contributed by atoms with van der Waals surface area (Å²) in [5.74, 6) is 0. The van der Waals surface area contributed by atoms with Gasteiger partial charge in [-0.2, -0.15) is 4.31 Å². The molecule has 1 unspecified atom stereocenters. The maximum Gasteiger partial charge on any atom is 0.244 e. The molecule has 1 aliphatic heterocycles. The molecule has 0 amide bonds. The van der Waals surface area contributed by atoms with Crippen LogP contribution in [0.1, 0.15) is 31.7 Å². The van der Waals surface area contributed by atoms with Crippen LogP contribution in [0.4, 0.5) is 0 Å². The summed E-state index contributed by atoms with van der Waals surface area (Å²) in [6.45, 7) is 2.64. The van der Waals surface area contributed by atoms with Gasteiger partial charge in [0.15, 0.2) is 0 Å². The zero-order chi connectivity index (χ0) is 14.9. The van der Waals surface area contributed by atoms with E-state index in [4.69, 9.17) is 28.9 Å². The largest absolute Gasteiger partial charge is 0.326 e. The van der Waals surface area contributed by atoms with Crippen molar-refractivity contribution >= 4 is 33.2 Å². The Hall–Kier alpha value is -0.330. The highest BCUT2D eigenvalue weighted by atomic mass is 35.5. The lowest BCUT2D eigenvalue weighted by atomic mass is 10.2. The van der Waals surface area contributed by atoms with Crippen LogP contribution < -0.4 is 5.73 Å². The fraction of sp³-hybridized carbons (Fsp3) is 0.538. The van der Waals surface area contributed by atoms with E-state index in [1.165, 1.54) is 6.07 Å². The maximum absolute atomic E-state index is 12.8. The van der Waals surface area contributed by atoms with E-state index in [0.717, 1.165) is 19.3 Å². The van der Waals surface area contributed by atoms with Crippen LogP contribution in [-0.4, -0.2) is 25.3 Å². The van der Waals surface area contributed by atoms with Gasteiger partial charge in [0.2, 0.25) is 10.0 Å². The number of sulfonamides is 1. The van der Waals surface area contributed by atoms with E-state index in [9.17, 15) is 8.42 Å². The minimum atomic E-state index is -3.59. The highest BCUT2D eigenvalue weighted by Gasteiger charge is 2.35. The summed E-state index contributed by atoms with van der Waals surface area (Å²) < 4.78 is 27.1. The average molecular weight is 337 g/mol. The summed E-state index contributed by atoms with van der Waals surface area (Å²) in [6, 6.07) is 3.05. The molecule has 1 aromatic carbocycles. The molecular formula is C13H18Cl2N2O2S. The highest BCUT2D eigenvalue weighted by Crippen LogP contribution is 2.35. The number of nitrogens with two attached hydrogens (primary N) is 1. The Morgan fingerprint density at radius 3 is 2.70 bits per heavy atom. The molecule has 1 aliphatic rings.